The maximum atomic E-state index is 13.7. The lowest BCUT2D eigenvalue weighted by Crippen LogP contribution is -2.41. The molecule has 27 heavy (non-hydrogen) atoms. The van der Waals surface area contributed by atoms with Gasteiger partial charge < -0.3 is 20.3 Å². The van der Waals surface area contributed by atoms with Gasteiger partial charge in [-0.2, -0.15) is 0 Å². The molecular formula is C20H25FN4O2. The van der Waals surface area contributed by atoms with Crippen molar-refractivity contribution in [2.45, 2.75) is 25.9 Å². The molecule has 1 fully saturated rings. The van der Waals surface area contributed by atoms with E-state index in [2.05, 4.69) is 20.5 Å². The SMILES string of the molecule is CC(Cc1ccccc1F)NC(=O)NCc1ccnc(N2CCOCC2)c1. The van der Waals surface area contributed by atoms with Crippen LogP contribution in [-0.4, -0.2) is 43.4 Å². The van der Waals surface area contributed by atoms with E-state index in [1.807, 2.05) is 19.1 Å². The van der Waals surface area contributed by atoms with E-state index in [-0.39, 0.29) is 17.9 Å². The largest absolute Gasteiger partial charge is 0.378 e. The minimum Gasteiger partial charge on any atom is -0.378 e. The van der Waals surface area contributed by atoms with E-state index in [0.29, 0.717) is 31.7 Å². The molecule has 2 aromatic rings. The molecule has 3 rings (SSSR count). The van der Waals surface area contributed by atoms with Gasteiger partial charge in [0.05, 0.1) is 13.2 Å². The van der Waals surface area contributed by atoms with Crippen LogP contribution < -0.4 is 15.5 Å². The minimum atomic E-state index is -0.274. The van der Waals surface area contributed by atoms with Crippen LogP contribution in [0.2, 0.25) is 0 Å². The maximum Gasteiger partial charge on any atom is 0.315 e. The van der Waals surface area contributed by atoms with Gasteiger partial charge in [-0.25, -0.2) is 14.2 Å². The molecule has 1 aliphatic heterocycles. The molecule has 7 heteroatoms. The Kier molecular flexibility index (Phi) is 6.59. The highest BCUT2D eigenvalue weighted by Crippen LogP contribution is 2.14. The summed E-state index contributed by atoms with van der Waals surface area (Å²) in [7, 11) is 0. The number of halogens is 1. The second-order valence-electron chi connectivity index (χ2n) is 6.65. The van der Waals surface area contributed by atoms with Crippen molar-refractivity contribution in [1.82, 2.24) is 15.6 Å². The summed E-state index contributed by atoms with van der Waals surface area (Å²) in [6.07, 6.45) is 2.19. The molecule has 2 amide bonds. The highest BCUT2D eigenvalue weighted by atomic mass is 19.1. The highest BCUT2D eigenvalue weighted by molar-refractivity contribution is 5.74. The standard InChI is InChI=1S/C20H25FN4O2/c1-15(12-17-4-2-3-5-18(17)21)24-20(26)23-14-16-6-7-22-19(13-16)25-8-10-27-11-9-25/h2-7,13,15H,8-12,14H2,1H3,(H2,23,24,26). The molecule has 0 radical (unpaired) electrons. The van der Waals surface area contributed by atoms with Crippen molar-refractivity contribution in [3.8, 4) is 0 Å². The van der Waals surface area contributed by atoms with Gasteiger partial charge in [0.1, 0.15) is 11.6 Å². The third-order valence-corrected chi connectivity index (χ3v) is 4.46. The van der Waals surface area contributed by atoms with Gasteiger partial charge in [0.15, 0.2) is 0 Å². The van der Waals surface area contributed by atoms with Crippen molar-refractivity contribution in [2.75, 3.05) is 31.2 Å². The number of benzene rings is 1. The quantitative estimate of drug-likeness (QED) is 0.818. The second-order valence-corrected chi connectivity index (χ2v) is 6.65. The van der Waals surface area contributed by atoms with Gasteiger partial charge >= 0.3 is 6.03 Å². The maximum absolute atomic E-state index is 13.7. The summed E-state index contributed by atoms with van der Waals surface area (Å²) in [5.74, 6) is 0.643. The molecular weight excluding hydrogens is 347 g/mol. The first-order chi connectivity index (χ1) is 13.1. The number of hydrogen-bond donors (Lipinski definition) is 2. The Hall–Kier alpha value is -2.67. The predicted molar refractivity (Wildman–Crippen MR) is 102 cm³/mol. The number of nitrogens with one attached hydrogen (secondary N) is 2. The zero-order chi connectivity index (χ0) is 19.1. The van der Waals surface area contributed by atoms with Crippen LogP contribution in [0.3, 0.4) is 0 Å². The summed E-state index contributed by atoms with van der Waals surface area (Å²) < 4.78 is 19.1. The Bertz CT molecular complexity index is 765. The van der Waals surface area contributed by atoms with Crippen molar-refractivity contribution < 1.29 is 13.9 Å². The monoisotopic (exact) mass is 372 g/mol. The van der Waals surface area contributed by atoms with Crippen LogP contribution in [0.5, 0.6) is 0 Å². The van der Waals surface area contributed by atoms with E-state index in [0.717, 1.165) is 24.5 Å². The Morgan fingerprint density at radius 3 is 2.85 bits per heavy atom. The van der Waals surface area contributed by atoms with Crippen LogP contribution in [0.1, 0.15) is 18.1 Å². The fraction of sp³-hybridized carbons (Fsp3) is 0.400. The fourth-order valence-electron chi connectivity index (χ4n) is 3.04. The molecule has 1 aromatic heterocycles. The number of nitrogens with zero attached hydrogens (tertiary/aromatic N) is 2. The summed E-state index contributed by atoms with van der Waals surface area (Å²) >= 11 is 0. The third kappa shape index (κ3) is 5.65. The lowest BCUT2D eigenvalue weighted by atomic mass is 10.1. The average Bonchev–Trinajstić information content (AvgIpc) is 2.69. The van der Waals surface area contributed by atoms with Gasteiger partial charge in [-0.05, 0) is 42.7 Å². The number of ether oxygens (including phenoxy) is 1. The Labute approximate surface area is 158 Å². The van der Waals surface area contributed by atoms with Crippen LogP contribution in [0.4, 0.5) is 15.0 Å². The summed E-state index contributed by atoms with van der Waals surface area (Å²) in [6.45, 7) is 5.29. The molecule has 1 atom stereocenters. The molecule has 0 saturated carbocycles. The number of urea groups is 1. The van der Waals surface area contributed by atoms with Gasteiger partial charge in [0, 0.05) is 31.9 Å². The van der Waals surface area contributed by atoms with Crippen LogP contribution in [0, 0.1) is 5.82 Å². The van der Waals surface area contributed by atoms with E-state index >= 15 is 0 Å². The molecule has 1 unspecified atom stereocenters. The number of hydrogen-bond acceptors (Lipinski definition) is 4. The van der Waals surface area contributed by atoms with E-state index in [9.17, 15) is 9.18 Å². The topological polar surface area (TPSA) is 66.5 Å². The molecule has 1 aliphatic rings. The van der Waals surface area contributed by atoms with Crippen LogP contribution in [0.15, 0.2) is 42.6 Å². The number of rotatable bonds is 6. The van der Waals surface area contributed by atoms with E-state index in [1.54, 1.807) is 24.4 Å². The lowest BCUT2D eigenvalue weighted by Gasteiger charge is -2.28. The number of anilines is 1. The molecule has 2 heterocycles. The van der Waals surface area contributed by atoms with Crippen LogP contribution in [0.25, 0.3) is 0 Å². The Morgan fingerprint density at radius 2 is 2.07 bits per heavy atom. The molecule has 1 aromatic carbocycles. The average molecular weight is 372 g/mol. The smallest absolute Gasteiger partial charge is 0.315 e. The van der Waals surface area contributed by atoms with E-state index < -0.39 is 0 Å². The second kappa shape index (κ2) is 9.32. The van der Waals surface area contributed by atoms with Crippen LogP contribution >= 0.6 is 0 Å². The lowest BCUT2D eigenvalue weighted by molar-refractivity contribution is 0.122. The number of aromatic nitrogens is 1. The molecule has 1 saturated heterocycles. The Balaban J connectivity index is 1.48. The number of pyridine rings is 1. The minimum absolute atomic E-state index is 0.178. The van der Waals surface area contributed by atoms with Crippen molar-refractivity contribution in [3.05, 3.63) is 59.5 Å². The number of amides is 2. The number of carbonyl (C=O) groups excluding carboxylic acids is 1. The highest BCUT2D eigenvalue weighted by Gasteiger charge is 2.13. The van der Waals surface area contributed by atoms with Crippen molar-refractivity contribution in [3.63, 3.8) is 0 Å². The summed E-state index contributed by atoms with van der Waals surface area (Å²) in [4.78, 5) is 18.7. The van der Waals surface area contributed by atoms with E-state index in [1.165, 1.54) is 6.07 Å². The van der Waals surface area contributed by atoms with Crippen molar-refractivity contribution >= 4 is 11.8 Å². The van der Waals surface area contributed by atoms with Gasteiger partial charge in [0.2, 0.25) is 0 Å². The molecule has 0 bridgehead atoms. The molecule has 0 aliphatic carbocycles. The first-order valence-electron chi connectivity index (χ1n) is 9.17. The first-order valence-corrected chi connectivity index (χ1v) is 9.17. The van der Waals surface area contributed by atoms with Crippen molar-refractivity contribution in [1.29, 1.82) is 0 Å². The first kappa shape index (κ1) is 19.1. The number of morpholine rings is 1. The molecule has 0 spiro atoms. The third-order valence-electron chi connectivity index (χ3n) is 4.46. The zero-order valence-corrected chi connectivity index (χ0v) is 15.5. The van der Waals surface area contributed by atoms with Gasteiger partial charge in [-0.3, -0.25) is 0 Å². The van der Waals surface area contributed by atoms with Crippen LogP contribution in [-0.2, 0) is 17.7 Å². The number of carbonyl (C=O) groups is 1. The normalized spacial score (nSPS) is 15.3. The molecule has 144 valence electrons. The van der Waals surface area contributed by atoms with Gasteiger partial charge in [-0.1, -0.05) is 18.2 Å². The van der Waals surface area contributed by atoms with Gasteiger partial charge in [0.25, 0.3) is 0 Å². The fourth-order valence-corrected chi connectivity index (χ4v) is 3.04. The Morgan fingerprint density at radius 1 is 1.30 bits per heavy atom. The van der Waals surface area contributed by atoms with Gasteiger partial charge in [-0.15, -0.1) is 0 Å². The molecule has 2 N–H and O–H groups in total. The molecule has 6 nitrogen and oxygen atoms in total. The van der Waals surface area contributed by atoms with Crippen molar-refractivity contribution in [2.24, 2.45) is 0 Å². The summed E-state index contributed by atoms with van der Waals surface area (Å²) in [5, 5.41) is 5.69. The zero-order valence-electron chi connectivity index (χ0n) is 15.5. The van der Waals surface area contributed by atoms with E-state index in [4.69, 9.17) is 4.74 Å². The summed E-state index contributed by atoms with van der Waals surface area (Å²) in [5.41, 5.74) is 1.57. The predicted octanol–water partition coefficient (Wildman–Crippen LogP) is 2.49. The summed E-state index contributed by atoms with van der Waals surface area (Å²) in [6, 6.07) is 10.0.